The van der Waals surface area contributed by atoms with Crippen LogP contribution in [0.2, 0.25) is 0 Å². The van der Waals surface area contributed by atoms with Gasteiger partial charge in [-0.15, -0.1) is 0 Å². The van der Waals surface area contributed by atoms with Gasteiger partial charge in [-0.3, -0.25) is 9.59 Å². The minimum Gasteiger partial charge on any atom is -0.355 e. The van der Waals surface area contributed by atoms with Crippen LogP contribution in [0, 0.1) is 5.92 Å². The molecule has 4 heteroatoms. The normalized spacial score (nSPS) is 10.6. The van der Waals surface area contributed by atoms with Crippen LogP contribution in [0.15, 0.2) is 24.3 Å². The summed E-state index contributed by atoms with van der Waals surface area (Å²) in [6, 6.07) is 7.67. The molecule has 0 aromatic heterocycles. The summed E-state index contributed by atoms with van der Waals surface area (Å²) in [6.07, 6.45) is 1.46. The fourth-order valence-electron chi connectivity index (χ4n) is 1.97. The quantitative estimate of drug-likeness (QED) is 0.713. The third-order valence-electron chi connectivity index (χ3n) is 2.97. The van der Waals surface area contributed by atoms with E-state index in [1.807, 2.05) is 24.3 Å². The molecule has 0 saturated carbocycles. The molecule has 0 bridgehead atoms. The Kier molecular flexibility index (Phi) is 6.94. The van der Waals surface area contributed by atoms with Gasteiger partial charge in [-0.1, -0.05) is 38.1 Å². The van der Waals surface area contributed by atoms with E-state index in [-0.39, 0.29) is 24.5 Å². The van der Waals surface area contributed by atoms with Crippen molar-refractivity contribution < 1.29 is 9.59 Å². The second-order valence-electron chi connectivity index (χ2n) is 5.36. The fraction of sp³-hybridized carbons (Fsp3) is 0.500. The zero-order chi connectivity index (χ0) is 15.0. The number of hydrogen-bond donors (Lipinski definition) is 2. The molecule has 0 aliphatic carbocycles. The van der Waals surface area contributed by atoms with Crippen molar-refractivity contribution >= 4 is 11.7 Å². The molecule has 0 radical (unpaired) electrons. The van der Waals surface area contributed by atoms with E-state index in [0.29, 0.717) is 24.6 Å². The molecule has 110 valence electrons. The molecule has 0 spiro atoms. The average Bonchev–Trinajstić information content (AvgIpc) is 2.42. The SMILES string of the molecule is CC(C)Cc1ccc(C(=O)CCC(=O)NCCN)cc1. The molecule has 0 saturated heterocycles. The van der Waals surface area contributed by atoms with Gasteiger partial charge in [0.15, 0.2) is 5.78 Å². The molecule has 1 aromatic rings. The largest absolute Gasteiger partial charge is 0.355 e. The van der Waals surface area contributed by atoms with Gasteiger partial charge < -0.3 is 11.1 Å². The highest BCUT2D eigenvalue weighted by atomic mass is 16.2. The van der Waals surface area contributed by atoms with Gasteiger partial charge in [0, 0.05) is 31.5 Å². The zero-order valence-electron chi connectivity index (χ0n) is 12.3. The Bertz CT molecular complexity index is 438. The first-order valence-electron chi connectivity index (χ1n) is 7.12. The molecule has 0 aliphatic heterocycles. The van der Waals surface area contributed by atoms with Crippen molar-refractivity contribution in [1.82, 2.24) is 5.32 Å². The number of benzene rings is 1. The molecular formula is C16H24N2O2. The summed E-state index contributed by atoms with van der Waals surface area (Å²) in [4.78, 5) is 23.3. The molecule has 1 amide bonds. The van der Waals surface area contributed by atoms with Crippen molar-refractivity contribution in [2.75, 3.05) is 13.1 Å². The Balaban J connectivity index is 2.45. The Labute approximate surface area is 120 Å². The van der Waals surface area contributed by atoms with Crippen molar-refractivity contribution in [2.24, 2.45) is 11.7 Å². The van der Waals surface area contributed by atoms with Gasteiger partial charge in [-0.05, 0) is 17.9 Å². The smallest absolute Gasteiger partial charge is 0.220 e. The topological polar surface area (TPSA) is 72.2 Å². The lowest BCUT2D eigenvalue weighted by atomic mass is 9.99. The highest BCUT2D eigenvalue weighted by Gasteiger charge is 2.09. The number of Topliss-reactive ketones (excluding diaryl/α,β-unsaturated/α-hetero) is 1. The molecule has 0 atom stereocenters. The summed E-state index contributed by atoms with van der Waals surface area (Å²) in [7, 11) is 0. The lowest BCUT2D eigenvalue weighted by molar-refractivity contribution is -0.121. The predicted molar refractivity (Wildman–Crippen MR) is 80.6 cm³/mol. The van der Waals surface area contributed by atoms with Crippen LogP contribution >= 0.6 is 0 Å². The van der Waals surface area contributed by atoms with Crippen molar-refractivity contribution in [1.29, 1.82) is 0 Å². The number of carbonyl (C=O) groups is 2. The van der Waals surface area contributed by atoms with Crippen LogP contribution in [0.25, 0.3) is 0 Å². The number of rotatable bonds is 8. The van der Waals surface area contributed by atoms with Crippen LogP contribution < -0.4 is 11.1 Å². The number of nitrogens with one attached hydrogen (secondary N) is 1. The van der Waals surface area contributed by atoms with Crippen molar-refractivity contribution in [3.63, 3.8) is 0 Å². The summed E-state index contributed by atoms with van der Waals surface area (Å²) in [5.41, 5.74) is 7.19. The molecule has 1 rings (SSSR count). The second kappa shape index (κ2) is 8.48. The highest BCUT2D eigenvalue weighted by Crippen LogP contribution is 2.11. The predicted octanol–water partition coefficient (Wildman–Crippen LogP) is 1.92. The van der Waals surface area contributed by atoms with Crippen molar-refractivity contribution in [3.05, 3.63) is 35.4 Å². The van der Waals surface area contributed by atoms with Gasteiger partial charge in [0.25, 0.3) is 0 Å². The van der Waals surface area contributed by atoms with Crippen LogP contribution in [-0.4, -0.2) is 24.8 Å². The maximum absolute atomic E-state index is 12.0. The second-order valence-corrected chi connectivity index (χ2v) is 5.36. The molecule has 0 aliphatic rings. The van der Waals surface area contributed by atoms with Crippen LogP contribution in [0.3, 0.4) is 0 Å². The molecule has 0 fully saturated rings. The van der Waals surface area contributed by atoms with Gasteiger partial charge in [-0.25, -0.2) is 0 Å². The maximum atomic E-state index is 12.0. The van der Waals surface area contributed by atoms with Gasteiger partial charge in [0.2, 0.25) is 5.91 Å². The molecule has 0 unspecified atom stereocenters. The van der Waals surface area contributed by atoms with Crippen LogP contribution in [0.5, 0.6) is 0 Å². The minimum absolute atomic E-state index is 0.00370. The van der Waals surface area contributed by atoms with E-state index in [9.17, 15) is 9.59 Å². The van der Waals surface area contributed by atoms with E-state index >= 15 is 0 Å². The van der Waals surface area contributed by atoms with Crippen LogP contribution in [0.4, 0.5) is 0 Å². The Morgan fingerprint density at radius 2 is 1.80 bits per heavy atom. The first kappa shape index (κ1) is 16.4. The van der Waals surface area contributed by atoms with Crippen LogP contribution in [0.1, 0.15) is 42.6 Å². The van der Waals surface area contributed by atoms with Crippen molar-refractivity contribution in [2.45, 2.75) is 33.1 Å². The molecule has 20 heavy (non-hydrogen) atoms. The molecule has 3 N–H and O–H groups in total. The third kappa shape index (κ3) is 5.97. The van der Waals surface area contributed by atoms with Crippen molar-refractivity contribution in [3.8, 4) is 0 Å². The lowest BCUT2D eigenvalue weighted by Gasteiger charge is -2.06. The molecule has 4 nitrogen and oxygen atoms in total. The number of hydrogen-bond acceptors (Lipinski definition) is 3. The van der Waals surface area contributed by atoms with Gasteiger partial charge in [0.1, 0.15) is 0 Å². The average molecular weight is 276 g/mol. The van der Waals surface area contributed by atoms with E-state index < -0.39 is 0 Å². The number of carbonyl (C=O) groups excluding carboxylic acids is 2. The maximum Gasteiger partial charge on any atom is 0.220 e. The minimum atomic E-state index is -0.125. The van der Waals surface area contributed by atoms with E-state index in [2.05, 4.69) is 19.2 Å². The molecule has 0 heterocycles. The summed E-state index contributed by atoms with van der Waals surface area (Å²) in [5.74, 6) is 0.479. The van der Waals surface area contributed by atoms with Gasteiger partial charge in [0.05, 0.1) is 0 Å². The zero-order valence-corrected chi connectivity index (χ0v) is 12.3. The van der Waals surface area contributed by atoms with Crippen LogP contribution in [-0.2, 0) is 11.2 Å². The lowest BCUT2D eigenvalue weighted by Crippen LogP contribution is -2.29. The standard InChI is InChI=1S/C16H24N2O2/c1-12(2)11-13-3-5-14(6-4-13)15(19)7-8-16(20)18-10-9-17/h3-6,12H,7-11,17H2,1-2H3,(H,18,20). The monoisotopic (exact) mass is 276 g/mol. The van der Waals surface area contributed by atoms with E-state index in [0.717, 1.165) is 6.42 Å². The summed E-state index contributed by atoms with van der Waals surface area (Å²) < 4.78 is 0. The molecular weight excluding hydrogens is 252 g/mol. The third-order valence-corrected chi connectivity index (χ3v) is 2.97. The van der Waals surface area contributed by atoms with Gasteiger partial charge >= 0.3 is 0 Å². The summed E-state index contributed by atoms with van der Waals surface area (Å²) in [5, 5.41) is 2.65. The van der Waals surface area contributed by atoms with E-state index in [1.165, 1.54) is 5.56 Å². The van der Waals surface area contributed by atoms with E-state index in [4.69, 9.17) is 5.73 Å². The Morgan fingerprint density at radius 3 is 2.35 bits per heavy atom. The van der Waals surface area contributed by atoms with Gasteiger partial charge in [-0.2, -0.15) is 0 Å². The number of amides is 1. The highest BCUT2D eigenvalue weighted by molar-refractivity contribution is 5.97. The van der Waals surface area contributed by atoms with E-state index in [1.54, 1.807) is 0 Å². The summed E-state index contributed by atoms with van der Waals surface area (Å²) >= 11 is 0. The summed E-state index contributed by atoms with van der Waals surface area (Å²) in [6.45, 7) is 5.20. The Hall–Kier alpha value is -1.68. The molecule has 1 aromatic carbocycles. The Morgan fingerprint density at radius 1 is 1.15 bits per heavy atom. The number of nitrogens with two attached hydrogens (primary N) is 1. The first-order valence-corrected chi connectivity index (χ1v) is 7.12. The fourth-order valence-corrected chi connectivity index (χ4v) is 1.97. The number of ketones is 1. The first-order chi connectivity index (χ1) is 9.52.